The minimum atomic E-state index is -0.335. The van der Waals surface area contributed by atoms with Gasteiger partial charge in [0.1, 0.15) is 0 Å². The molecular weight excluding hydrogens is 330 g/mol. The molecule has 1 amide bonds. The summed E-state index contributed by atoms with van der Waals surface area (Å²) in [7, 11) is 0. The average Bonchev–Trinajstić information content (AvgIpc) is 2.61. The van der Waals surface area contributed by atoms with Gasteiger partial charge >= 0.3 is 0 Å². The zero-order valence-electron chi connectivity index (χ0n) is 16.4. The fourth-order valence-electron chi connectivity index (χ4n) is 2.87. The number of aryl methyl sites for hydroxylation is 1. The van der Waals surface area contributed by atoms with E-state index in [9.17, 15) is 15.0 Å². The molecule has 0 unspecified atom stereocenters. The summed E-state index contributed by atoms with van der Waals surface area (Å²) in [5.41, 5.74) is 0.751. The highest BCUT2D eigenvalue weighted by Crippen LogP contribution is 2.36. The summed E-state index contributed by atoms with van der Waals surface area (Å²) in [6.45, 7) is 4.48. The normalized spacial score (nSPS) is 10.7. The number of phenols is 2. The van der Waals surface area contributed by atoms with E-state index in [1.807, 2.05) is 0 Å². The van der Waals surface area contributed by atoms with E-state index in [4.69, 9.17) is 4.74 Å². The maximum Gasteiger partial charge on any atom is 0.257 e. The molecule has 3 N–H and O–H groups in total. The second-order valence-corrected chi connectivity index (χ2v) is 6.95. The van der Waals surface area contributed by atoms with Crippen LogP contribution in [0, 0.1) is 6.92 Å². The summed E-state index contributed by atoms with van der Waals surface area (Å²) in [5, 5.41) is 22.1. The smallest absolute Gasteiger partial charge is 0.257 e. The van der Waals surface area contributed by atoms with Crippen molar-refractivity contribution >= 4 is 5.91 Å². The number of carbonyl (C=O) groups excluding carboxylic acids is 1. The van der Waals surface area contributed by atoms with E-state index < -0.39 is 0 Å². The summed E-state index contributed by atoms with van der Waals surface area (Å²) in [6, 6.07) is 3.03. The van der Waals surface area contributed by atoms with Crippen LogP contribution in [0.15, 0.2) is 12.1 Å². The SMILES string of the molecule is CCCCCCCCCCCCNC(=O)COc1cc(C)cc(O)c1O. The first-order valence-corrected chi connectivity index (χ1v) is 9.96. The molecule has 148 valence electrons. The predicted octanol–water partition coefficient (Wildman–Crippen LogP) is 4.82. The molecule has 0 fully saturated rings. The lowest BCUT2D eigenvalue weighted by Gasteiger charge is -2.10. The van der Waals surface area contributed by atoms with Crippen LogP contribution in [0.4, 0.5) is 0 Å². The summed E-state index contributed by atoms with van der Waals surface area (Å²) in [5.74, 6) is -0.679. The highest BCUT2D eigenvalue weighted by atomic mass is 16.5. The number of amides is 1. The summed E-state index contributed by atoms with van der Waals surface area (Å²) < 4.78 is 5.29. The molecule has 0 aliphatic rings. The number of benzene rings is 1. The molecule has 1 aromatic rings. The lowest BCUT2D eigenvalue weighted by atomic mass is 10.1. The first-order valence-electron chi connectivity index (χ1n) is 9.96. The topological polar surface area (TPSA) is 78.8 Å². The number of nitrogens with one attached hydrogen (secondary N) is 1. The van der Waals surface area contributed by atoms with Crippen molar-refractivity contribution in [3.63, 3.8) is 0 Å². The Morgan fingerprint density at radius 2 is 1.54 bits per heavy atom. The molecule has 0 aromatic heterocycles. The molecule has 0 saturated heterocycles. The lowest BCUT2D eigenvalue weighted by Crippen LogP contribution is -2.29. The van der Waals surface area contributed by atoms with Crippen LogP contribution in [0.3, 0.4) is 0 Å². The van der Waals surface area contributed by atoms with Gasteiger partial charge in [-0.2, -0.15) is 0 Å². The van der Waals surface area contributed by atoms with E-state index in [0.29, 0.717) is 6.54 Å². The van der Waals surface area contributed by atoms with Gasteiger partial charge < -0.3 is 20.3 Å². The molecule has 5 heteroatoms. The molecule has 0 aliphatic carbocycles. The van der Waals surface area contributed by atoms with Gasteiger partial charge in [0.25, 0.3) is 5.91 Å². The van der Waals surface area contributed by atoms with Gasteiger partial charge in [0, 0.05) is 6.54 Å². The van der Waals surface area contributed by atoms with E-state index in [-0.39, 0.29) is 29.8 Å². The second kappa shape index (κ2) is 13.3. The van der Waals surface area contributed by atoms with Crippen molar-refractivity contribution in [2.45, 2.75) is 78.1 Å². The summed E-state index contributed by atoms with van der Waals surface area (Å²) in [4.78, 5) is 11.8. The third kappa shape index (κ3) is 9.54. The maximum atomic E-state index is 11.8. The first kappa shape index (κ1) is 22.1. The van der Waals surface area contributed by atoms with Crippen LogP contribution in [-0.4, -0.2) is 29.3 Å². The fraction of sp³-hybridized carbons (Fsp3) is 0.667. The van der Waals surface area contributed by atoms with Crippen LogP contribution in [0.1, 0.15) is 76.7 Å². The number of ether oxygens (including phenoxy) is 1. The van der Waals surface area contributed by atoms with Gasteiger partial charge in [0.15, 0.2) is 18.1 Å². The van der Waals surface area contributed by atoms with Crippen molar-refractivity contribution < 1.29 is 19.7 Å². The van der Waals surface area contributed by atoms with Crippen LogP contribution >= 0.6 is 0 Å². The second-order valence-electron chi connectivity index (χ2n) is 6.95. The Kier molecular flexibility index (Phi) is 11.3. The quantitative estimate of drug-likeness (QED) is 0.326. The molecule has 0 heterocycles. The van der Waals surface area contributed by atoms with E-state index >= 15 is 0 Å². The standard InChI is InChI=1S/C21H35NO4/c1-3-4-5-6-7-8-9-10-11-12-13-22-20(24)16-26-19-15-17(2)14-18(23)21(19)25/h14-15,23,25H,3-13,16H2,1-2H3,(H,22,24). The number of phenolic OH excluding ortho intramolecular Hbond substituents is 2. The van der Waals surface area contributed by atoms with Gasteiger partial charge in [-0.05, 0) is 31.0 Å². The monoisotopic (exact) mass is 365 g/mol. The molecule has 1 rings (SSSR count). The van der Waals surface area contributed by atoms with Crippen molar-refractivity contribution in [3.05, 3.63) is 17.7 Å². The van der Waals surface area contributed by atoms with Gasteiger partial charge in [-0.3, -0.25) is 4.79 Å². The molecule has 26 heavy (non-hydrogen) atoms. The lowest BCUT2D eigenvalue weighted by molar-refractivity contribution is -0.123. The van der Waals surface area contributed by atoms with Crippen LogP contribution in [0.5, 0.6) is 17.2 Å². The van der Waals surface area contributed by atoms with Gasteiger partial charge in [-0.25, -0.2) is 0 Å². The largest absolute Gasteiger partial charge is 0.504 e. The number of hydrogen-bond donors (Lipinski definition) is 3. The molecule has 0 bridgehead atoms. The van der Waals surface area contributed by atoms with Gasteiger partial charge in [0.05, 0.1) is 0 Å². The fourth-order valence-corrected chi connectivity index (χ4v) is 2.87. The predicted molar refractivity (Wildman–Crippen MR) is 105 cm³/mol. The highest BCUT2D eigenvalue weighted by Gasteiger charge is 2.10. The first-order chi connectivity index (χ1) is 12.5. The molecule has 0 spiro atoms. The van der Waals surface area contributed by atoms with Crippen LogP contribution in [0.25, 0.3) is 0 Å². The molecule has 0 aliphatic heterocycles. The Morgan fingerprint density at radius 1 is 0.962 bits per heavy atom. The van der Waals surface area contributed by atoms with E-state index in [0.717, 1.165) is 18.4 Å². The van der Waals surface area contributed by atoms with Crippen molar-refractivity contribution in [2.24, 2.45) is 0 Å². The molecule has 0 saturated carbocycles. The molecular formula is C21H35NO4. The van der Waals surface area contributed by atoms with E-state index in [1.54, 1.807) is 13.0 Å². The Bertz CT molecular complexity index is 531. The maximum absolute atomic E-state index is 11.8. The highest BCUT2D eigenvalue weighted by molar-refractivity contribution is 5.77. The zero-order chi connectivity index (χ0) is 19.2. The van der Waals surface area contributed by atoms with Crippen molar-refractivity contribution in [3.8, 4) is 17.2 Å². The Hall–Kier alpha value is -1.91. The van der Waals surface area contributed by atoms with E-state index in [2.05, 4.69) is 12.2 Å². The van der Waals surface area contributed by atoms with Gasteiger partial charge in [0.2, 0.25) is 5.75 Å². The number of aromatic hydroxyl groups is 2. The summed E-state index contributed by atoms with van der Waals surface area (Å²) >= 11 is 0. The Morgan fingerprint density at radius 3 is 2.15 bits per heavy atom. The molecule has 0 radical (unpaired) electrons. The third-order valence-corrected chi connectivity index (χ3v) is 4.41. The van der Waals surface area contributed by atoms with E-state index in [1.165, 1.54) is 57.4 Å². The Balaban J connectivity index is 2.02. The number of unbranched alkanes of at least 4 members (excludes halogenated alkanes) is 9. The minimum absolute atomic E-state index is 0.122. The Labute approximate surface area is 157 Å². The minimum Gasteiger partial charge on any atom is -0.504 e. The number of rotatable bonds is 14. The zero-order valence-corrected chi connectivity index (χ0v) is 16.4. The van der Waals surface area contributed by atoms with Gasteiger partial charge in [-0.15, -0.1) is 0 Å². The van der Waals surface area contributed by atoms with Crippen molar-refractivity contribution in [1.29, 1.82) is 0 Å². The van der Waals surface area contributed by atoms with Gasteiger partial charge in [-0.1, -0.05) is 64.7 Å². The number of carbonyl (C=O) groups is 1. The number of hydrogen-bond acceptors (Lipinski definition) is 4. The third-order valence-electron chi connectivity index (χ3n) is 4.41. The molecule has 1 aromatic carbocycles. The summed E-state index contributed by atoms with van der Waals surface area (Å²) in [6.07, 6.45) is 12.6. The van der Waals surface area contributed by atoms with Crippen molar-refractivity contribution in [1.82, 2.24) is 5.32 Å². The van der Waals surface area contributed by atoms with Crippen LogP contribution in [0.2, 0.25) is 0 Å². The molecule has 5 nitrogen and oxygen atoms in total. The average molecular weight is 366 g/mol. The van der Waals surface area contributed by atoms with Crippen molar-refractivity contribution in [2.75, 3.05) is 13.2 Å². The van der Waals surface area contributed by atoms with Crippen LogP contribution in [-0.2, 0) is 4.79 Å². The van der Waals surface area contributed by atoms with Crippen LogP contribution < -0.4 is 10.1 Å². The molecule has 0 atom stereocenters.